The molecule has 0 saturated carbocycles. The molecule has 0 saturated heterocycles. The van der Waals surface area contributed by atoms with E-state index in [2.05, 4.69) is 243 Å². The van der Waals surface area contributed by atoms with Crippen LogP contribution in [0.1, 0.15) is 93.2 Å². The summed E-state index contributed by atoms with van der Waals surface area (Å²) < 4.78 is 6.80. The van der Waals surface area contributed by atoms with Crippen LogP contribution in [0.2, 0.25) is 0 Å². The fourth-order valence-corrected chi connectivity index (χ4v) is 17.1. The monoisotopic (exact) mass is 1290 g/mol. The number of hydrogen-bond donors (Lipinski definition) is 0. The molecule has 0 spiro atoms. The van der Waals surface area contributed by atoms with E-state index in [1.54, 1.807) is 0 Å². The van der Waals surface area contributed by atoms with E-state index in [1.807, 2.05) is 79.8 Å². The Kier molecular flexibility index (Phi) is 14.1. The highest BCUT2D eigenvalue weighted by Crippen LogP contribution is 2.51. The number of benzene rings is 9. The van der Waals surface area contributed by atoms with Gasteiger partial charge in [-0.1, -0.05) is 176 Å². The van der Waals surface area contributed by atoms with E-state index in [-0.39, 0.29) is 23.8 Å². The molecule has 3 aromatic heterocycles. The second-order valence-corrected chi connectivity index (χ2v) is 27.3. The Morgan fingerprint density at radius 2 is 1.24 bits per heavy atom. The van der Waals surface area contributed by atoms with Crippen molar-refractivity contribution in [1.29, 1.82) is 31.6 Å². The van der Waals surface area contributed by atoms with Gasteiger partial charge in [-0.05, 0) is 168 Å². The van der Waals surface area contributed by atoms with Gasteiger partial charge < -0.3 is 18.6 Å². The highest BCUT2D eigenvalue weighted by Gasteiger charge is 2.38. The van der Waals surface area contributed by atoms with Crippen LogP contribution in [0.15, 0.2) is 254 Å². The summed E-state index contributed by atoms with van der Waals surface area (Å²) in [7, 11) is 0. The van der Waals surface area contributed by atoms with Crippen LogP contribution in [-0.2, 0) is 19.3 Å². The summed E-state index contributed by atoms with van der Waals surface area (Å²) in [5.41, 5.74) is 25.0. The molecule has 5 unspecified atom stereocenters. The maximum atomic E-state index is 11.5. The van der Waals surface area contributed by atoms with E-state index in [0.29, 0.717) is 41.5 Å². The zero-order valence-electron chi connectivity index (χ0n) is 55.1. The Morgan fingerprint density at radius 3 is 2.05 bits per heavy atom. The van der Waals surface area contributed by atoms with Crippen molar-refractivity contribution in [2.75, 3.05) is 4.90 Å². The number of allylic oxidation sites excluding steroid dienone is 10. The van der Waals surface area contributed by atoms with Crippen LogP contribution in [0.25, 0.3) is 106 Å². The van der Waals surface area contributed by atoms with E-state index in [9.17, 15) is 31.6 Å². The SMILES string of the molecule is CC1(C#N)C=Cc2c(n(-c3cc(-c4ccc5c(c4)c4ccccc4n5-c4ccc(C5=C(C#N)C(c6ccccc6-n6c7c(c8c6C(C#N)=CCC8)CC(C#N)C=C7)CC=C5)cc4)ccc3-c3cccc(-c4ccc(N5c6ccccc6C6C=CC=CC65)cc4)c3C#N)c3ccc(C#N)cc23)C1. The minimum Gasteiger partial charge on any atom is -0.333 e. The molecule has 18 rings (SSSR count). The standard InChI is InChI=1S/C91H60N10/c1-91(55-97)44-43-74-76-45-56(50-92)27-40-86(76)100(89(74)49-91)88-48-61(33-39-73(88)68-21-12-19-66(80(68)54-96)59-29-35-63(36-30-59)98-81-23-6-3-15-70(81)71-16-4-7-24-82(71)98)60-34-42-85-78(47-60)72-17-5-8-25-83(72)99(85)64-37-31-58(32-38-64)65-18-11-20-67(79(65)53-95)69-14-2-9-26-84(69)101-87-41-28-57(51-93)46-77(87)75-22-10-13-62(52-94)90(75)101/h2-9,11-19,21,23-45,47-48,57,67,70,81H,10,20,22,46,49H2,1H3. The van der Waals surface area contributed by atoms with Crippen molar-refractivity contribution in [1.82, 2.24) is 13.7 Å². The molecule has 12 aromatic rings. The molecule has 9 aromatic carbocycles. The van der Waals surface area contributed by atoms with Gasteiger partial charge in [0.2, 0.25) is 0 Å². The van der Waals surface area contributed by atoms with Crippen LogP contribution in [0.4, 0.5) is 11.4 Å². The average Bonchev–Trinajstić information content (AvgIpc) is 1.57. The van der Waals surface area contributed by atoms with E-state index in [1.165, 1.54) is 11.3 Å². The van der Waals surface area contributed by atoms with Crippen molar-refractivity contribution in [3.05, 3.63) is 316 Å². The van der Waals surface area contributed by atoms with Crippen molar-refractivity contribution in [3.8, 4) is 86.9 Å². The van der Waals surface area contributed by atoms with Gasteiger partial charge in [0, 0.05) is 90.7 Å². The lowest BCUT2D eigenvalue weighted by atomic mass is 9.80. The summed E-state index contributed by atoms with van der Waals surface area (Å²) in [5, 5.41) is 67.4. The highest BCUT2D eigenvalue weighted by molar-refractivity contribution is 6.11. The zero-order chi connectivity index (χ0) is 68.2. The summed E-state index contributed by atoms with van der Waals surface area (Å²) in [5.74, 6) is -0.247. The molecule has 0 radical (unpaired) electrons. The lowest BCUT2D eigenvalue weighted by molar-refractivity contribution is 0.547. The summed E-state index contributed by atoms with van der Waals surface area (Å²) in [6.07, 6.45) is 26.4. The lowest BCUT2D eigenvalue weighted by Gasteiger charge is -2.29. The first-order valence-corrected chi connectivity index (χ1v) is 34.4. The Hall–Kier alpha value is -13.5. The fraction of sp³-hybridized carbons (Fsp3) is 0.121. The van der Waals surface area contributed by atoms with Gasteiger partial charge in [0.1, 0.15) is 12.1 Å². The molecule has 4 heterocycles. The number of para-hydroxylation sites is 3. The van der Waals surface area contributed by atoms with Gasteiger partial charge >= 0.3 is 0 Å². The van der Waals surface area contributed by atoms with Gasteiger partial charge in [0.05, 0.1) is 92.0 Å². The van der Waals surface area contributed by atoms with Crippen LogP contribution in [-0.4, -0.2) is 19.7 Å². The number of aromatic nitrogens is 3. The molecule has 6 aliphatic rings. The Bertz CT molecular complexity index is 6120. The van der Waals surface area contributed by atoms with Gasteiger partial charge in [-0.15, -0.1) is 0 Å². The molecule has 0 bridgehead atoms. The van der Waals surface area contributed by atoms with Gasteiger partial charge in [0.25, 0.3) is 0 Å². The first-order valence-electron chi connectivity index (χ1n) is 34.4. The molecule has 474 valence electrons. The first kappa shape index (κ1) is 60.0. The molecule has 0 N–H and O–H groups in total. The minimum atomic E-state index is -0.808. The maximum Gasteiger partial charge on any atom is 0.101 e. The van der Waals surface area contributed by atoms with Gasteiger partial charge in [-0.3, -0.25) is 0 Å². The number of fused-ring (bicyclic) bond motifs is 12. The van der Waals surface area contributed by atoms with Gasteiger partial charge in [0.15, 0.2) is 0 Å². The van der Waals surface area contributed by atoms with Gasteiger partial charge in [-0.25, -0.2) is 0 Å². The minimum absolute atomic E-state index is 0.155. The van der Waals surface area contributed by atoms with Crippen molar-refractivity contribution in [3.63, 3.8) is 0 Å². The number of nitrogens with zero attached hydrogens (tertiary/aromatic N) is 10. The zero-order valence-corrected chi connectivity index (χ0v) is 55.1. The van der Waals surface area contributed by atoms with Crippen molar-refractivity contribution >= 4 is 67.4 Å². The third kappa shape index (κ3) is 9.39. The fourth-order valence-electron chi connectivity index (χ4n) is 17.1. The van der Waals surface area contributed by atoms with E-state index in [0.717, 1.165) is 152 Å². The Morgan fingerprint density at radius 1 is 0.515 bits per heavy atom. The topological polar surface area (TPSA) is 161 Å². The predicted octanol–water partition coefficient (Wildman–Crippen LogP) is 20.7. The smallest absolute Gasteiger partial charge is 0.101 e. The summed E-state index contributed by atoms with van der Waals surface area (Å²) in [6.45, 7) is 1.96. The number of nitriles is 6. The lowest BCUT2D eigenvalue weighted by Crippen LogP contribution is -2.28. The van der Waals surface area contributed by atoms with Crippen LogP contribution in [0.3, 0.4) is 0 Å². The summed E-state index contributed by atoms with van der Waals surface area (Å²) in [6, 6.07) is 83.1. The Labute approximate surface area is 585 Å². The van der Waals surface area contributed by atoms with Crippen LogP contribution < -0.4 is 4.90 Å². The van der Waals surface area contributed by atoms with Crippen LogP contribution in [0, 0.1) is 79.3 Å². The molecule has 10 heteroatoms. The van der Waals surface area contributed by atoms with Crippen LogP contribution in [0.5, 0.6) is 0 Å². The first-order chi connectivity index (χ1) is 49.7. The summed E-state index contributed by atoms with van der Waals surface area (Å²) in [4.78, 5) is 2.42. The molecule has 5 atom stereocenters. The quantitative estimate of drug-likeness (QED) is 0.139. The largest absolute Gasteiger partial charge is 0.333 e. The Balaban J connectivity index is 0.734. The summed E-state index contributed by atoms with van der Waals surface area (Å²) >= 11 is 0. The molecule has 5 aliphatic carbocycles. The second-order valence-electron chi connectivity index (χ2n) is 27.3. The van der Waals surface area contributed by atoms with Crippen LogP contribution >= 0.6 is 0 Å². The third-order valence-electron chi connectivity index (χ3n) is 21.8. The highest BCUT2D eigenvalue weighted by atomic mass is 15.2. The van der Waals surface area contributed by atoms with Crippen molar-refractivity contribution in [2.24, 2.45) is 11.3 Å². The predicted molar refractivity (Wildman–Crippen MR) is 402 cm³/mol. The molecular weight excluding hydrogens is 1230 g/mol. The average molecular weight is 1290 g/mol. The molecule has 101 heavy (non-hydrogen) atoms. The molecule has 1 aliphatic heterocycles. The van der Waals surface area contributed by atoms with E-state index >= 15 is 0 Å². The molecule has 0 fully saturated rings. The second kappa shape index (κ2) is 23.7. The van der Waals surface area contributed by atoms with E-state index in [4.69, 9.17) is 0 Å². The number of rotatable bonds is 9. The van der Waals surface area contributed by atoms with Gasteiger partial charge in [-0.2, -0.15) is 31.6 Å². The van der Waals surface area contributed by atoms with E-state index < -0.39 is 5.41 Å². The van der Waals surface area contributed by atoms with Crippen molar-refractivity contribution < 1.29 is 0 Å². The maximum absolute atomic E-state index is 11.5. The molecular formula is C91H60N10. The normalized spacial score (nSPS) is 18.9. The number of anilines is 2. The number of hydrogen-bond acceptors (Lipinski definition) is 7. The molecule has 0 amide bonds. The molecule has 10 nitrogen and oxygen atoms in total. The van der Waals surface area contributed by atoms with Crippen molar-refractivity contribution in [2.45, 2.75) is 56.9 Å². The third-order valence-corrected chi connectivity index (χ3v) is 21.8.